The summed E-state index contributed by atoms with van der Waals surface area (Å²) in [5.74, 6) is 3.02. The van der Waals surface area contributed by atoms with Crippen LogP contribution in [0, 0.1) is 17.8 Å². The van der Waals surface area contributed by atoms with Gasteiger partial charge in [-0.05, 0) is 24.2 Å². The highest BCUT2D eigenvalue weighted by atomic mass is 14.3. The average molecular weight is 98.2 g/mol. The molecule has 7 heavy (non-hydrogen) atoms. The predicted octanol–water partition coefficient (Wildman–Crippen LogP) is 2.30. The molecule has 1 aliphatic rings. The van der Waals surface area contributed by atoms with Crippen LogP contribution >= 0.6 is 0 Å². The van der Waals surface area contributed by atoms with Crippen LogP contribution in [0.25, 0.3) is 0 Å². The Morgan fingerprint density at radius 3 is 1.43 bits per heavy atom. The largest absolute Gasteiger partial charge is 0.0622 e. The van der Waals surface area contributed by atoms with Gasteiger partial charge in [-0.2, -0.15) is 0 Å². The van der Waals surface area contributed by atoms with Gasteiger partial charge in [0, 0.05) is 0 Å². The van der Waals surface area contributed by atoms with Crippen LogP contribution in [-0.2, 0) is 0 Å². The summed E-state index contributed by atoms with van der Waals surface area (Å²) < 4.78 is 0. The number of hydrogen-bond acceptors (Lipinski definition) is 0. The third kappa shape index (κ3) is 0.667. The fourth-order valence-electron chi connectivity index (χ4n) is 1.38. The first-order valence-corrected chi connectivity index (χ1v) is 3.22. The maximum absolute atomic E-state index is 2.35. The number of hydrogen-bond donors (Lipinski definition) is 0. The van der Waals surface area contributed by atoms with Crippen LogP contribution < -0.4 is 0 Å². The van der Waals surface area contributed by atoms with Crippen LogP contribution in [0.15, 0.2) is 0 Å². The molecule has 1 aliphatic carbocycles. The van der Waals surface area contributed by atoms with Gasteiger partial charge in [-0.1, -0.05) is 20.8 Å². The molecule has 0 spiro atoms. The summed E-state index contributed by atoms with van der Waals surface area (Å²) in [6.45, 7) is 7.02. The van der Waals surface area contributed by atoms with Crippen molar-refractivity contribution in [2.45, 2.75) is 27.2 Å². The molecule has 1 unspecified atom stereocenters. The second-order valence-corrected chi connectivity index (χ2v) is 3.05. The van der Waals surface area contributed by atoms with E-state index >= 15 is 0 Å². The predicted molar refractivity (Wildman–Crippen MR) is 32.1 cm³/mol. The molecule has 0 radical (unpaired) electrons. The molecular weight excluding hydrogens is 84.1 g/mol. The van der Waals surface area contributed by atoms with Crippen molar-refractivity contribution in [2.75, 3.05) is 0 Å². The van der Waals surface area contributed by atoms with Crippen molar-refractivity contribution >= 4 is 0 Å². The monoisotopic (exact) mass is 98.1 g/mol. The minimum Gasteiger partial charge on any atom is -0.0622 e. The molecule has 0 aromatic heterocycles. The molecule has 0 aliphatic heterocycles. The highest BCUT2D eigenvalue weighted by Crippen LogP contribution is 2.38. The lowest BCUT2D eigenvalue weighted by atomic mass is 9.68. The van der Waals surface area contributed by atoms with E-state index in [2.05, 4.69) is 20.8 Å². The molecule has 0 nitrogen and oxygen atoms in total. The molecule has 0 aromatic carbocycles. The molecule has 1 saturated carbocycles. The molecule has 3 atom stereocenters. The Morgan fingerprint density at radius 2 is 1.43 bits per heavy atom. The third-order valence-electron chi connectivity index (χ3n) is 2.54. The Balaban J connectivity index is 2.29. The van der Waals surface area contributed by atoms with Gasteiger partial charge in [-0.15, -0.1) is 0 Å². The quantitative estimate of drug-likeness (QED) is 0.436. The van der Waals surface area contributed by atoms with Crippen molar-refractivity contribution in [1.29, 1.82) is 0 Å². The van der Waals surface area contributed by atoms with Crippen molar-refractivity contribution in [3.8, 4) is 0 Å². The zero-order valence-electron chi connectivity index (χ0n) is 5.44. The average Bonchev–Trinajstić information content (AvgIpc) is 1.68. The summed E-state index contributed by atoms with van der Waals surface area (Å²) in [4.78, 5) is 0. The second-order valence-electron chi connectivity index (χ2n) is 3.05. The van der Waals surface area contributed by atoms with Crippen LogP contribution in [0.4, 0.5) is 0 Å². The number of rotatable bonds is 0. The molecule has 0 amide bonds. The van der Waals surface area contributed by atoms with Crippen LogP contribution in [0.5, 0.6) is 0 Å². The van der Waals surface area contributed by atoms with Crippen molar-refractivity contribution in [1.82, 2.24) is 0 Å². The third-order valence-corrected chi connectivity index (χ3v) is 2.54. The van der Waals surface area contributed by atoms with Gasteiger partial charge < -0.3 is 0 Å². The SMILES string of the molecule is CC1[C@H](C)C[C@@H]1C. The van der Waals surface area contributed by atoms with Crippen LogP contribution in [0.1, 0.15) is 27.2 Å². The molecule has 42 valence electrons. The topological polar surface area (TPSA) is 0 Å². The summed E-state index contributed by atoms with van der Waals surface area (Å²) in [7, 11) is 0. The van der Waals surface area contributed by atoms with Gasteiger partial charge in [0.05, 0.1) is 0 Å². The molecule has 0 bridgehead atoms. The zero-order chi connectivity index (χ0) is 5.44. The lowest BCUT2D eigenvalue weighted by Crippen LogP contribution is -2.29. The first-order chi connectivity index (χ1) is 3.22. The first kappa shape index (κ1) is 5.14. The normalized spacial score (nSPS) is 51.0. The van der Waals surface area contributed by atoms with Gasteiger partial charge in [0.2, 0.25) is 0 Å². The van der Waals surface area contributed by atoms with E-state index in [1.165, 1.54) is 6.42 Å². The highest BCUT2D eigenvalue weighted by Gasteiger charge is 2.29. The first-order valence-electron chi connectivity index (χ1n) is 3.22. The molecular formula is C7H14. The summed E-state index contributed by atoms with van der Waals surface area (Å²) >= 11 is 0. The van der Waals surface area contributed by atoms with E-state index in [-0.39, 0.29) is 0 Å². The Morgan fingerprint density at radius 1 is 1.00 bits per heavy atom. The fourth-order valence-corrected chi connectivity index (χ4v) is 1.38. The molecule has 0 heterocycles. The maximum Gasteiger partial charge on any atom is -0.0391 e. The van der Waals surface area contributed by atoms with Crippen molar-refractivity contribution in [2.24, 2.45) is 17.8 Å². The minimum atomic E-state index is 1.000. The van der Waals surface area contributed by atoms with E-state index < -0.39 is 0 Å². The summed E-state index contributed by atoms with van der Waals surface area (Å²) in [5.41, 5.74) is 0. The van der Waals surface area contributed by atoms with Gasteiger partial charge in [0.1, 0.15) is 0 Å². The standard InChI is InChI=1S/C7H14/c1-5-4-6(2)7(5)3/h5-7H,4H2,1-3H3/t5-,6+,7?. The molecule has 1 fully saturated rings. The van der Waals surface area contributed by atoms with E-state index in [9.17, 15) is 0 Å². The summed E-state index contributed by atoms with van der Waals surface area (Å²) in [5, 5.41) is 0. The molecule has 1 rings (SSSR count). The van der Waals surface area contributed by atoms with Crippen molar-refractivity contribution in [3.63, 3.8) is 0 Å². The van der Waals surface area contributed by atoms with E-state index in [0.717, 1.165) is 17.8 Å². The molecule has 0 aromatic rings. The van der Waals surface area contributed by atoms with E-state index in [1.807, 2.05) is 0 Å². The highest BCUT2D eigenvalue weighted by molar-refractivity contribution is 4.79. The van der Waals surface area contributed by atoms with Gasteiger partial charge in [0.15, 0.2) is 0 Å². The van der Waals surface area contributed by atoms with Gasteiger partial charge in [0.25, 0.3) is 0 Å². The smallest absolute Gasteiger partial charge is 0.0391 e. The second kappa shape index (κ2) is 1.50. The Hall–Kier alpha value is 0. The van der Waals surface area contributed by atoms with Gasteiger partial charge in [-0.25, -0.2) is 0 Å². The van der Waals surface area contributed by atoms with Crippen LogP contribution in [-0.4, -0.2) is 0 Å². The van der Waals surface area contributed by atoms with Crippen molar-refractivity contribution < 1.29 is 0 Å². The Kier molecular flexibility index (Phi) is 1.10. The lowest BCUT2D eigenvalue weighted by Gasteiger charge is -2.38. The fraction of sp³-hybridized carbons (Fsp3) is 1.00. The van der Waals surface area contributed by atoms with E-state index in [0.29, 0.717) is 0 Å². The van der Waals surface area contributed by atoms with E-state index in [4.69, 9.17) is 0 Å². The summed E-state index contributed by atoms with van der Waals surface area (Å²) in [6, 6.07) is 0. The molecule has 0 N–H and O–H groups in total. The van der Waals surface area contributed by atoms with Gasteiger partial charge in [-0.3, -0.25) is 0 Å². The van der Waals surface area contributed by atoms with Gasteiger partial charge >= 0.3 is 0 Å². The Labute approximate surface area is 45.9 Å². The van der Waals surface area contributed by atoms with Crippen molar-refractivity contribution in [3.05, 3.63) is 0 Å². The zero-order valence-corrected chi connectivity index (χ0v) is 5.44. The maximum atomic E-state index is 2.35. The lowest BCUT2D eigenvalue weighted by molar-refractivity contribution is 0.120. The minimum absolute atomic E-state index is 1.000. The van der Waals surface area contributed by atoms with Crippen LogP contribution in [0.3, 0.4) is 0 Å². The Bertz CT molecular complexity index is 58.4. The van der Waals surface area contributed by atoms with E-state index in [1.54, 1.807) is 0 Å². The molecule has 0 heteroatoms. The summed E-state index contributed by atoms with van der Waals surface area (Å²) in [6.07, 6.45) is 1.46. The molecule has 0 saturated heterocycles. The van der Waals surface area contributed by atoms with Crippen LogP contribution in [0.2, 0.25) is 0 Å².